The number of esters is 1. The Kier molecular flexibility index (Phi) is 3.00. The molecule has 0 atom stereocenters. The van der Waals surface area contributed by atoms with Gasteiger partial charge in [0.15, 0.2) is 5.69 Å². The molecule has 0 aliphatic heterocycles. The zero-order chi connectivity index (χ0) is 11.4. The van der Waals surface area contributed by atoms with Crippen molar-refractivity contribution in [1.82, 2.24) is 9.97 Å². The average Bonchev–Trinajstić information content (AvgIpc) is 2.80. The van der Waals surface area contributed by atoms with Gasteiger partial charge in [0.25, 0.3) is 0 Å². The number of nitrogens with zero attached hydrogens (tertiary/aromatic N) is 1. The first kappa shape index (κ1) is 10.4. The van der Waals surface area contributed by atoms with Crippen LogP contribution in [0.2, 0.25) is 0 Å². The molecule has 1 aromatic carbocycles. The average molecular weight is 215 g/mol. The van der Waals surface area contributed by atoms with E-state index in [0.29, 0.717) is 18.1 Å². The van der Waals surface area contributed by atoms with Gasteiger partial charge in [0.1, 0.15) is 5.82 Å². The van der Waals surface area contributed by atoms with Crippen LogP contribution >= 0.6 is 0 Å². The highest BCUT2D eigenvalue weighted by molar-refractivity contribution is 5.87. The molecule has 0 amide bonds. The molecule has 4 heteroatoms. The van der Waals surface area contributed by atoms with Gasteiger partial charge in [0.05, 0.1) is 6.61 Å². The summed E-state index contributed by atoms with van der Waals surface area (Å²) in [7, 11) is 0. The van der Waals surface area contributed by atoms with Crippen LogP contribution in [0.15, 0.2) is 30.5 Å². The Balaban J connectivity index is 2.23. The molecule has 0 spiro atoms. The van der Waals surface area contributed by atoms with Gasteiger partial charge in [-0.15, -0.1) is 0 Å². The van der Waals surface area contributed by atoms with E-state index < -0.39 is 5.97 Å². The Hall–Kier alpha value is -2.10. The van der Waals surface area contributed by atoms with Crippen molar-refractivity contribution in [3.8, 4) is 11.4 Å². The molecule has 0 aliphatic carbocycles. The summed E-state index contributed by atoms with van der Waals surface area (Å²) in [4.78, 5) is 18.5. The largest absolute Gasteiger partial charge is 0.461 e. The lowest BCUT2D eigenvalue weighted by Crippen LogP contribution is -2.04. The van der Waals surface area contributed by atoms with Crippen molar-refractivity contribution >= 4 is 5.97 Å². The van der Waals surface area contributed by atoms with Crippen LogP contribution in [0.3, 0.4) is 0 Å². The van der Waals surface area contributed by atoms with Gasteiger partial charge in [-0.2, -0.15) is 0 Å². The van der Waals surface area contributed by atoms with Gasteiger partial charge in [0.2, 0.25) is 0 Å². The number of imidazole rings is 1. The maximum absolute atomic E-state index is 11.4. The van der Waals surface area contributed by atoms with E-state index in [9.17, 15) is 4.79 Å². The quantitative estimate of drug-likeness (QED) is 0.797. The fourth-order valence-electron chi connectivity index (χ4n) is 1.32. The standard InChI is InChI=1S/C12H11N2O2/c1-2-16-12(15)10-8-13-11(14-10)9-6-4-3-5-7-9/h4-8H,2H2,1H3,(H,13,14). The second-order valence-corrected chi connectivity index (χ2v) is 3.14. The minimum atomic E-state index is -0.410. The van der Waals surface area contributed by atoms with Crippen molar-refractivity contribution in [2.24, 2.45) is 0 Å². The van der Waals surface area contributed by atoms with Gasteiger partial charge in [-0.25, -0.2) is 9.78 Å². The van der Waals surface area contributed by atoms with E-state index in [1.807, 2.05) is 12.1 Å². The third-order valence-corrected chi connectivity index (χ3v) is 2.05. The Bertz CT molecular complexity index is 477. The number of nitrogens with one attached hydrogen (secondary N) is 1. The second-order valence-electron chi connectivity index (χ2n) is 3.14. The smallest absolute Gasteiger partial charge is 0.358 e. The molecule has 2 aromatic rings. The molecular weight excluding hydrogens is 204 g/mol. The molecule has 4 nitrogen and oxygen atoms in total. The van der Waals surface area contributed by atoms with Crippen LogP contribution in [0.1, 0.15) is 17.4 Å². The molecule has 1 heterocycles. The molecule has 0 unspecified atom stereocenters. The SMILES string of the molecule is CCOC(=O)c1c[nH]c(-c2cc[c]cc2)n1. The molecule has 0 bridgehead atoms. The first-order valence-electron chi connectivity index (χ1n) is 5.00. The summed E-state index contributed by atoms with van der Waals surface area (Å²) >= 11 is 0. The van der Waals surface area contributed by atoms with Crippen LogP contribution < -0.4 is 0 Å². The van der Waals surface area contributed by atoms with E-state index in [4.69, 9.17) is 4.74 Å². The summed E-state index contributed by atoms with van der Waals surface area (Å²) < 4.78 is 4.85. The predicted molar refractivity (Wildman–Crippen MR) is 58.8 cm³/mol. The third kappa shape index (κ3) is 2.11. The first-order valence-corrected chi connectivity index (χ1v) is 5.00. The van der Waals surface area contributed by atoms with Crippen molar-refractivity contribution < 1.29 is 9.53 Å². The fourth-order valence-corrected chi connectivity index (χ4v) is 1.32. The summed E-state index contributed by atoms with van der Waals surface area (Å²) in [6.45, 7) is 2.11. The number of rotatable bonds is 3. The summed E-state index contributed by atoms with van der Waals surface area (Å²) in [5.41, 5.74) is 1.21. The maximum Gasteiger partial charge on any atom is 0.358 e. The molecular formula is C12H11N2O2. The number of hydrogen-bond acceptors (Lipinski definition) is 3. The summed E-state index contributed by atoms with van der Waals surface area (Å²) in [5, 5.41) is 0. The van der Waals surface area contributed by atoms with Crippen LogP contribution in [0.25, 0.3) is 11.4 Å². The van der Waals surface area contributed by atoms with Crippen molar-refractivity contribution in [3.05, 3.63) is 42.2 Å². The van der Waals surface area contributed by atoms with Crippen LogP contribution in [-0.4, -0.2) is 22.5 Å². The van der Waals surface area contributed by atoms with E-state index >= 15 is 0 Å². The Labute approximate surface area is 93.3 Å². The molecule has 0 fully saturated rings. The Morgan fingerprint density at radius 2 is 2.25 bits per heavy atom. The van der Waals surface area contributed by atoms with Crippen molar-refractivity contribution in [2.75, 3.05) is 6.61 Å². The van der Waals surface area contributed by atoms with Gasteiger partial charge in [0, 0.05) is 11.8 Å². The molecule has 0 aliphatic rings. The van der Waals surface area contributed by atoms with Crippen LogP contribution in [0, 0.1) is 6.07 Å². The van der Waals surface area contributed by atoms with Crippen molar-refractivity contribution in [2.45, 2.75) is 6.92 Å². The summed E-state index contributed by atoms with van der Waals surface area (Å²) in [6.07, 6.45) is 1.55. The predicted octanol–water partition coefficient (Wildman–Crippen LogP) is 2.05. The van der Waals surface area contributed by atoms with E-state index in [1.165, 1.54) is 0 Å². The van der Waals surface area contributed by atoms with Gasteiger partial charge in [-0.1, -0.05) is 24.3 Å². The third-order valence-electron chi connectivity index (χ3n) is 2.05. The number of carbonyl (C=O) groups excluding carboxylic acids is 1. The van der Waals surface area contributed by atoms with E-state index in [0.717, 1.165) is 5.56 Å². The molecule has 1 aromatic heterocycles. The van der Waals surface area contributed by atoms with E-state index in [2.05, 4.69) is 16.0 Å². The zero-order valence-corrected chi connectivity index (χ0v) is 8.86. The van der Waals surface area contributed by atoms with Crippen LogP contribution in [0.4, 0.5) is 0 Å². The number of ether oxygens (including phenoxy) is 1. The number of hydrogen-bond donors (Lipinski definition) is 1. The molecule has 0 saturated heterocycles. The van der Waals surface area contributed by atoms with Crippen LogP contribution in [-0.2, 0) is 4.74 Å². The highest BCUT2D eigenvalue weighted by atomic mass is 16.5. The fraction of sp³-hybridized carbons (Fsp3) is 0.167. The van der Waals surface area contributed by atoms with E-state index in [1.54, 1.807) is 25.3 Å². The lowest BCUT2D eigenvalue weighted by molar-refractivity contribution is 0.0520. The lowest BCUT2D eigenvalue weighted by atomic mass is 10.2. The number of aromatic nitrogens is 2. The summed E-state index contributed by atoms with van der Waals surface area (Å²) in [5.74, 6) is 0.240. The lowest BCUT2D eigenvalue weighted by Gasteiger charge is -1.96. The number of carbonyl (C=O) groups is 1. The minimum Gasteiger partial charge on any atom is -0.461 e. The Morgan fingerprint density at radius 1 is 1.50 bits per heavy atom. The van der Waals surface area contributed by atoms with Gasteiger partial charge >= 0.3 is 5.97 Å². The minimum absolute atomic E-state index is 0.296. The molecule has 2 rings (SSSR count). The topological polar surface area (TPSA) is 55.0 Å². The molecule has 81 valence electrons. The molecule has 0 saturated carbocycles. The zero-order valence-electron chi connectivity index (χ0n) is 8.86. The summed E-state index contributed by atoms with van der Waals surface area (Å²) in [6, 6.07) is 10.2. The van der Waals surface area contributed by atoms with Crippen molar-refractivity contribution in [3.63, 3.8) is 0 Å². The highest BCUT2D eigenvalue weighted by Gasteiger charge is 2.11. The molecule has 1 N–H and O–H groups in total. The van der Waals surface area contributed by atoms with Crippen molar-refractivity contribution in [1.29, 1.82) is 0 Å². The maximum atomic E-state index is 11.4. The molecule has 1 radical (unpaired) electrons. The van der Waals surface area contributed by atoms with Gasteiger partial charge in [-0.05, 0) is 13.0 Å². The number of H-pyrrole nitrogens is 1. The second kappa shape index (κ2) is 4.61. The van der Waals surface area contributed by atoms with Gasteiger partial charge < -0.3 is 9.72 Å². The molecule has 16 heavy (non-hydrogen) atoms. The van der Waals surface area contributed by atoms with Gasteiger partial charge in [-0.3, -0.25) is 0 Å². The first-order chi connectivity index (χ1) is 7.81. The highest BCUT2D eigenvalue weighted by Crippen LogP contribution is 2.14. The van der Waals surface area contributed by atoms with Crippen LogP contribution in [0.5, 0.6) is 0 Å². The Morgan fingerprint density at radius 3 is 2.94 bits per heavy atom. The van der Waals surface area contributed by atoms with E-state index in [-0.39, 0.29) is 0 Å². The number of benzene rings is 1. The normalized spacial score (nSPS) is 10.1. The number of aromatic amines is 1. The monoisotopic (exact) mass is 215 g/mol.